The lowest BCUT2D eigenvalue weighted by molar-refractivity contribution is -0.0876. The summed E-state index contributed by atoms with van der Waals surface area (Å²) in [4.78, 5) is 20.9. The molecule has 0 aliphatic carbocycles. The number of fused-ring (bicyclic) bond motifs is 1. The summed E-state index contributed by atoms with van der Waals surface area (Å²) in [6.07, 6.45) is 2.54. The molecule has 0 radical (unpaired) electrons. The fourth-order valence-electron chi connectivity index (χ4n) is 6.30. The molecule has 4 heterocycles. The Morgan fingerprint density at radius 3 is 2.20 bits per heavy atom. The van der Waals surface area contributed by atoms with E-state index in [0.29, 0.717) is 36.4 Å². The Morgan fingerprint density at radius 2 is 1.54 bits per heavy atom. The molecule has 1 aromatic carbocycles. The third-order valence-electron chi connectivity index (χ3n) is 9.07. The molecule has 9 heteroatoms. The Kier molecular flexibility index (Phi) is 8.76. The average molecular weight is 566 g/mol. The first kappa shape index (κ1) is 29.6. The van der Waals surface area contributed by atoms with Gasteiger partial charge in [0.25, 0.3) is 5.92 Å². The van der Waals surface area contributed by atoms with Gasteiger partial charge < -0.3 is 15.1 Å². The van der Waals surface area contributed by atoms with Gasteiger partial charge in [-0.1, -0.05) is 18.2 Å². The van der Waals surface area contributed by atoms with E-state index in [2.05, 4.69) is 63.7 Å². The number of hydrogen-bond donors (Lipinski definition) is 1. The molecule has 0 amide bonds. The molecule has 2 aromatic heterocycles. The summed E-state index contributed by atoms with van der Waals surface area (Å²) in [6.45, 7) is 18.1. The second-order valence-electron chi connectivity index (χ2n) is 12.3. The number of piperidine rings is 1. The van der Waals surface area contributed by atoms with Crippen molar-refractivity contribution < 1.29 is 8.78 Å². The van der Waals surface area contributed by atoms with Crippen molar-refractivity contribution in [3.8, 4) is 0 Å². The zero-order valence-electron chi connectivity index (χ0n) is 25.4. The highest BCUT2D eigenvalue weighted by atomic mass is 19.3. The van der Waals surface area contributed by atoms with Crippen molar-refractivity contribution in [1.82, 2.24) is 24.8 Å². The zero-order chi connectivity index (χ0) is 29.3. The van der Waals surface area contributed by atoms with Gasteiger partial charge in [-0.05, 0) is 85.2 Å². The van der Waals surface area contributed by atoms with Crippen LogP contribution >= 0.6 is 0 Å². The summed E-state index contributed by atoms with van der Waals surface area (Å²) >= 11 is 0. The predicted octanol–water partition coefficient (Wildman–Crippen LogP) is 6.25. The van der Waals surface area contributed by atoms with E-state index in [1.807, 2.05) is 19.9 Å². The van der Waals surface area contributed by atoms with Crippen LogP contribution in [0.3, 0.4) is 0 Å². The van der Waals surface area contributed by atoms with Gasteiger partial charge in [-0.15, -0.1) is 0 Å². The van der Waals surface area contributed by atoms with Crippen LogP contribution < -0.4 is 10.2 Å². The van der Waals surface area contributed by atoms with E-state index in [0.717, 1.165) is 61.6 Å². The molecule has 3 aromatic rings. The second kappa shape index (κ2) is 12.1. The molecule has 0 spiro atoms. The number of nitrogens with zero attached hydrogens (tertiary/aromatic N) is 6. The number of hydrogen-bond acceptors (Lipinski definition) is 7. The van der Waals surface area contributed by atoms with Gasteiger partial charge in [0.05, 0.1) is 16.8 Å². The SMILES string of the molecule is Cc1nc2ncnc(N[C@H](C)c3cccc(C(F)(F)C4CCN(C(C)C)CC4)c3)c2cc1N1CCN(C(C)C)CC1. The number of piperazine rings is 1. The standard InChI is InChI=1S/C32H45F2N7/c1-21(2)39-12-10-26(11-13-39)32(33,34)27-9-7-8-25(18-27)23(5)37-30-28-19-29(24(6)38-31(28)36-20-35-30)41-16-14-40(15-17-41)22(3)4/h7-9,18-23,26H,10-17H2,1-6H3,(H,35,36,37,38)/t23-/m1/s1. The maximum atomic E-state index is 15.7. The van der Waals surface area contributed by atoms with Crippen LogP contribution in [0.1, 0.15) is 70.3 Å². The number of rotatable bonds is 8. The molecule has 1 atom stereocenters. The van der Waals surface area contributed by atoms with E-state index in [4.69, 9.17) is 4.98 Å². The van der Waals surface area contributed by atoms with Gasteiger partial charge in [-0.3, -0.25) is 4.90 Å². The average Bonchev–Trinajstić information content (AvgIpc) is 2.97. The van der Waals surface area contributed by atoms with E-state index in [1.54, 1.807) is 18.2 Å². The van der Waals surface area contributed by atoms with Gasteiger partial charge in [-0.2, -0.15) is 0 Å². The van der Waals surface area contributed by atoms with Crippen molar-refractivity contribution in [1.29, 1.82) is 0 Å². The molecule has 0 bridgehead atoms. The minimum atomic E-state index is -2.86. The fraction of sp³-hybridized carbons (Fsp3) is 0.594. The molecule has 222 valence electrons. The molecule has 5 rings (SSSR count). The highest BCUT2D eigenvalue weighted by Crippen LogP contribution is 2.42. The predicted molar refractivity (Wildman–Crippen MR) is 163 cm³/mol. The molecule has 7 nitrogen and oxygen atoms in total. The summed E-state index contributed by atoms with van der Waals surface area (Å²) < 4.78 is 31.4. The third kappa shape index (κ3) is 6.31. The van der Waals surface area contributed by atoms with Crippen LogP contribution in [0.25, 0.3) is 11.0 Å². The van der Waals surface area contributed by atoms with E-state index < -0.39 is 11.8 Å². The first-order valence-electron chi connectivity index (χ1n) is 15.1. The van der Waals surface area contributed by atoms with Crippen molar-refractivity contribution >= 4 is 22.5 Å². The molecule has 0 unspecified atom stereocenters. The highest BCUT2D eigenvalue weighted by Gasteiger charge is 2.43. The number of alkyl halides is 2. The minimum Gasteiger partial charge on any atom is -0.367 e. The normalized spacial score (nSPS) is 18.9. The maximum absolute atomic E-state index is 15.7. The molecule has 2 saturated heterocycles. The van der Waals surface area contributed by atoms with Crippen LogP contribution in [-0.4, -0.2) is 76.1 Å². The van der Waals surface area contributed by atoms with Crippen LogP contribution in [-0.2, 0) is 5.92 Å². The number of likely N-dealkylation sites (tertiary alicyclic amines) is 1. The zero-order valence-corrected chi connectivity index (χ0v) is 25.4. The Morgan fingerprint density at radius 1 is 0.878 bits per heavy atom. The third-order valence-corrected chi connectivity index (χ3v) is 9.07. The van der Waals surface area contributed by atoms with Crippen LogP contribution in [0.5, 0.6) is 0 Å². The topological polar surface area (TPSA) is 60.4 Å². The lowest BCUT2D eigenvalue weighted by Gasteiger charge is -2.38. The number of aryl methyl sites for hydroxylation is 1. The van der Waals surface area contributed by atoms with Crippen molar-refractivity contribution in [2.24, 2.45) is 5.92 Å². The lowest BCUT2D eigenvalue weighted by atomic mass is 9.85. The summed E-state index contributed by atoms with van der Waals surface area (Å²) in [5.41, 5.74) is 3.57. The molecule has 1 N–H and O–H groups in total. The van der Waals surface area contributed by atoms with Gasteiger partial charge in [0, 0.05) is 55.8 Å². The summed E-state index contributed by atoms with van der Waals surface area (Å²) in [7, 11) is 0. The van der Waals surface area contributed by atoms with Crippen LogP contribution in [0, 0.1) is 12.8 Å². The largest absolute Gasteiger partial charge is 0.367 e. The molecular weight excluding hydrogens is 520 g/mol. The number of pyridine rings is 1. The van der Waals surface area contributed by atoms with Gasteiger partial charge in [-0.25, -0.2) is 23.7 Å². The van der Waals surface area contributed by atoms with Crippen molar-refractivity contribution in [2.75, 3.05) is 49.5 Å². The van der Waals surface area contributed by atoms with Crippen LogP contribution in [0.2, 0.25) is 0 Å². The maximum Gasteiger partial charge on any atom is 0.276 e. The van der Waals surface area contributed by atoms with E-state index in [-0.39, 0.29) is 11.6 Å². The number of aromatic nitrogens is 3. The van der Waals surface area contributed by atoms with Crippen LogP contribution in [0.15, 0.2) is 36.7 Å². The van der Waals surface area contributed by atoms with E-state index in [9.17, 15) is 0 Å². The van der Waals surface area contributed by atoms with E-state index >= 15 is 8.78 Å². The van der Waals surface area contributed by atoms with Crippen molar-refractivity contribution in [2.45, 2.75) is 78.4 Å². The van der Waals surface area contributed by atoms with Gasteiger partial charge in [0.2, 0.25) is 0 Å². The first-order valence-corrected chi connectivity index (χ1v) is 15.1. The van der Waals surface area contributed by atoms with Gasteiger partial charge >= 0.3 is 0 Å². The number of anilines is 2. The Bertz CT molecular complexity index is 1330. The monoisotopic (exact) mass is 565 g/mol. The molecule has 2 aliphatic heterocycles. The number of benzene rings is 1. The first-order chi connectivity index (χ1) is 19.5. The summed E-state index contributed by atoms with van der Waals surface area (Å²) in [5, 5.41) is 4.32. The quantitative estimate of drug-likeness (QED) is 0.347. The smallest absolute Gasteiger partial charge is 0.276 e. The van der Waals surface area contributed by atoms with Crippen molar-refractivity contribution in [3.63, 3.8) is 0 Å². The van der Waals surface area contributed by atoms with Crippen molar-refractivity contribution in [3.05, 3.63) is 53.5 Å². The molecule has 2 aliphatic rings. The Hall–Kier alpha value is -2.91. The lowest BCUT2D eigenvalue weighted by Crippen LogP contribution is -2.49. The van der Waals surface area contributed by atoms with Crippen LogP contribution in [0.4, 0.5) is 20.3 Å². The summed E-state index contributed by atoms with van der Waals surface area (Å²) in [6, 6.07) is 9.72. The fourth-order valence-corrected chi connectivity index (χ4v) is 6.30. The molecule has 41 heavy (non-hydrogen) atoms. The second-order valence-corrected chi connectivity index (χ2v) is 12.3. The molecular formula is C32H45F2N7. The Balaban J connectivity index is 1.35. The highest BCUT2D eigenvalue weighted by molar-refractivity contribution is 5.89. The number of halogens is 2. The molecule has 2 fully saturated rings. The van der Waals surface area contributed by atoms with E-state index in [1.165, 1.54) is 6.33 Å². The molecule has 0 saturated carbocycles. The van der Waals surface area contributed by atoms with Gasteiger partial charge in [0.1, 0.15) is 12.1 Å². The number of nitrogens with one attached hydrogen (secondary N) is 1. The summed E-state index contributed by atoms with van der Waals surface area (Å²) in [5.74, 6) is -2.84. The Labute approximate surface area is 243 Å². The van der Waals surface area contributed by atoms with Gasteiger partial charge in [0.15, 0.2) is 5.65 Å². The minimum absolute atomic E-state index is 0.0966.